The van der Waals surface area contributed by atoms with Crippen LogP contribution in [-0.4, -0.2) is 5.78 Å². The fourth-order valence-corrected chi connectivity index (χ4v) is 3.95. The van der Waals surface area contributed by atoms with Crippen LogP contribution in [0.25, 0.3) is 10.2 Å². The third kappa shape index (κ3) is 2.39. The number of carbonyl (C=O) groups excluding carboxylic acids is 1. The molecule has 120 valence electrons. The summed E-state index contributed by atoms with van der Waals surface area (Å²) in [6.45, 7) is 3.95. The highest BCUT2D eigenvalue weighted by molar-refractivity contribution is 7.21. The molecule has 0 aliphatic carbocycles. The number of benzene rings is 1. The first-order valence-corrected chi connectivity index (χ1v) is 8.33. The molecule has 6 heteroatoms. The molecule has 2 aromatic heterocycles. The highest BCUT2D eigenvalue weighted by Gasteiger charge is 2.27. The molecule has 0 unspecified atom stereocenters. The Kier molecular flexibility index (Phi) is 3.96. The van der Waals surface area contributed by atoms with Crippen LogP contribution in [0.5, 0.6) is 0 Å². The van der Waals surface area contributed by atoms with Gasteiger partial charge in [0, 0.05) is 5.56 Å². The zero-order valence-corrected chi connectivity index (χ0v) is 14.2. The molecule has 0 radical (unpaired) electrons. The third-order valence-corrected chi connectivity index (χ3v) is 5.05. The molecule has 0 spiro atoms. The van der Waals surface area contributed by atoms with Crippen molar-refractivity contribution >= 4 is 38.8 Å². The fourth-order valence-electron chi connectivity index (χ4n) is 2.84. The molecule has 0 aliphatic heterocycles. The standard InChI is InChI=1S/C18H16N4OS/c1-9(2)12-11(8-19)17(21)22-18-13(12)14(20)16(24-18)15(23)10-6-4-3-5-7-10/h3-7,9H,20H2,1-2H3,(H2,21,22)/p+1. The molecule has 3 aromatic rings. The predicted molar refractivity (Wildman–Crippen MR) is 95.9 cm³/mol. The van der Waals surface area contributed by atoms with Crippen molar-refractivity contribution in [1.29, 1.82) is 5.26 Å². The SMILES string of the molecule is CC(C)c1c(C#N)c(N)[nH+]c2sc(C(=O)c3ccccc3)c(N)c12. The van der Waals surface area contributed by atoms with Crippen LogP contribution in [0.3, 0.4) is 0 Å². The van der Waals surface area contributed by atoms with Crippen LogP contribution >= 0.6 is 11.3 Å². The number of hydrogen-bond donors (Lipinski definition) is 2. The van der Waals surface area contributed by atoms with E-state index in [-0.39, 0.29) is 11.7 Å². The van der Waals surface area contributed by atoms with Crippen LogP contribution in [0.4, 0.5) is 11.5 Å². The second-order valence-corrected chi connectivity index (χ2v) is 6.86. The number of anilines is 2. The maximum Gasteiger partial charge on any atom is 0.289 e. The Morgan fingerprint density at radius 2 is 1.92 bits per heavy atom. The van der Waals surface area contributed by atoms with Crippen molar-refractivity contribution in [3.63, 3.8) is 0 Å². The number of nitrogens with zero attached hydrogens (tertiary/aromatic N) is 1. The summed E-state index contributed by atoms with van der Waals surface area (Å²) >= 11 is 1.27. The van der Waals surface area contributed by atoms with Crippen molar-refractivity contribution < 1.29 is 9.78 Å². The minimum atomic E-state index is -0.130. The van der Waals surface area contributed by atoms with Crippen molar-refractivity contribution in [1.82, 2.24) is 0 Å². The van der Waals surface area contributed by atoms with Gasteiger partial charge < -0.3 is 5.73 Å². The number of aromatic amines is 1. The van der Waals surface area contributed by atoms with Gasteiger partial charge in [-0.15, -0.1) is 0 Å². The van der Waals surface area contributed by atoms with Gasteiger partial charge in [0.2, 0.25) is 5.78 Å². The molecule has 0 amide bonds. The lowest BCUT2D eigenvalue weighted by Crippen LogP contribution is -2.15. The summed E-state index contributed by atoms with van der Waals surface area (Å²) < 4.78 is 0. The van der Waals surface area contributed by atoms with Crippen molar-refractivity contribution in [2.75, 3.05) is 11.5 Å². The number of nitrogen functional groups attached to an aromatic ring is 2. The summed E-state index contributed by atoms with van der Waals surface area (Å²) in [5, 5.41) is 10.2. The molecule has 3 rings (SSSR count). The van der Waals surface area contributed by atoms with E-state index in [2.05, 4.69) is 11.1 Å². The van der Waals surface area contributed by atoms with Crippen molar-refractivity contribution in [2.24, 2.45) is 0 Å². The normalized spacial score (nSPS) is 10.9. The lowest BCUT2D eigenvalue weighted by atomic mass is 9.94. The molecular weight excluding hydrogens is 320 g/mol. The van der Waals surface area contributed by atoms with E-state index >= 15 is 0 Å². The average Bonchev–Trinajstić information content (AvgIpc) is 2.89. The number of thiophene rings is 1. The quantitative estimate of drug-likeness (QED) is 0.716. The zero-order chi connectivity index (χ0) is 17.4. The summed E-state index contributed by atoms with van der Waals surface area (Å²) in [5.74, 6) is 0.221. The highest BCUT2D eigenvalue weighted by Crippen LogP contribution is 2.39. The van der Waals surface area contributed by atoms with Crippen LogP contribution in [0, 0.1) is 11.3 Å². The fraction of sp³-hybridized carbons (Fsp3) is 0.167. The number of fused-ring (bicyclic) bond motifs is 1. The van der Waals surface area contributed by atoms with Crippen molar-refractivity contribution in [3.8, 4) is 6.07 Å². The van der Waals surface area contributed by atoms with Gasteiger partial charge in [0.25, 0.3) is 5.82 Å². The van der Waals surface area contributed by atoms with E-state index in [1.54, 1.807) is 12.1 Å². The molecule has 5 nitrogen and oxygen atoms in total. The molecule has 1 aromatic carbocycles. The number of nitrogens with one attached hydrogen (secondary N) is 1. The first-order valence-electron chi connectivity index (χ1n) is 7.52. The van der Waals surface area contributed by atoms with Gasteiger partial charge in [-0.25, -0.2) is 4.98 Å². The Balaban J connectivity index is 2.31. The molecular formula is C18H17N4OS+. The average molecular weight is 337 g/mol. The Morgan fingerprint density at radius 1 is 1.25 bits per heavy atom. The van der Waals surface area contributed by atoms with Crippen LogP contribution in [0.1, 0.15) is 46.1 Å². The van der Waals surface area contributed by atoms with Crippen LogP contribution in [-0.2, 0) is 0 Å². The van der Waals surface area contributed by atoms with Crippen LogP contribution in [0.2, 0.25) is 0 Å². The Morgan fingerprint density at radius 3 is 2.50 bits per heavy atom. The lowest BCUT2D eigenvalue weighted by Gasteiger charge is -2.09. The first kappa shape index (κ1) is 16.0. The van der Waals surface area contributed by atoms with E-state index in [9.17, 15) is 10.1 Å². The Labute approximate surface area is 143 Å². The molecule has 2 heterocycles. The number of aromatic nitrogens is 1. The topological polar surface area (TPSA) is 107 Å². The minimum Gasteiger partial charge on any atom is -0.397 e. The van der Waals surface area contributed by atoms with Crippen LogP contribution < -0.4 is 16.5 Å². The number of nitriles is 1. The van der Waals surface area contributed by atoms with E-state index in [4.69, 9.17) is 11.5 Å². The van der Waals surface area contributed by atoms with E-state index in [1.165, 1.54) is 11.3 Å². The summed E-state index contributed by atoms with van der Waals surface area (Å²) in [5.41, 5.74) is 14.4. The Hall–Kier alpha value is -2.91. The van der Waals surface area contributed by atoms with Gasteiger partial charge in [-0.1, -0.05) is 55.5 Å². The summed E-state index contributed by atoms with van der Waals surface area (Å²) in [7, 11) is 0. The molecule has 0 bridgehead atoms. The number of H-pyrrole nitrogens is 1. The zero-order valence-electron chi connectivity index (χ0n) is 13.4. The van der Waals surface area contributed by atoms with Crippen molar-refractivity contribution in [2.45, 2.75) is 19.8 Å². The minimum absolute atomic E-state index is 0.0515. The van der Waals surface area contributed by atoms with Gasteiger partial charge in [-0.05, 0) is 11.5 Å². The van der Waals surface area contributed by atoms with Gasteiger partial charge in [0.05, 0.1) is 11.1 Å². The molecule has 0 saturated carbocycles. The second-order valence-electron chi connectivity index (χ2n) is 5.84. The van der Waals surface area contributed by atoms with Crippen molar-refractivity contribution in [3.05, 3.63) is 51.9 Å². The summed E-state index contributed by atoms with van der Waals surface area (Å²) in [4.78, 5) is 17.0. The van der Waals surface area contributed by atoms with Gasteiger partial charge in [0.1, 0.15) is 16.5 Å². The molecule has 0 saturated heterocycles. The monoisotopic (exact) mass is 337 g/mol. The first-order chi connectivity index (χ1) is 11.5. The highest BCUT2D eigenvalue weighted by atomic mass is 32.1. The van der Waals surface area contributed by atoms with Gasteiger partial charge >= 0.3 is 0 Å². The molecule has 0 fully saturated rings. The van der Waals surface area contributed by atoms with Gasteiger partial charge in [-0.2, -0.15) is 5.26 Å². The third-order valence-electron chi connectivity index (χ3n) is 3.93. The largest absolute Gasteiger partial charge is 0.397 e. The smallest absolute Gasteiger partial charge is 0.289 e. The molecule has 5 N–H and O–H groups in total. The lowest BCUT2D eigenvalue weighted by molar-refractivity contribution is -0.323. The molecule has 0 atom stereocenters. The van der Waals surface area contributed by atoms with Gasteiger partial charge in [0.15, 0.2) is 4.83 Å². The second kappa shape index (κ2) is 5.95. The van der Waals surface area contributed by atoms with E-state index < -0.39 is 0 Å². The summed E-state index contributed by atoms with van der Waals surface area (Å²) in [6.07, 6.45) is 0. The predicted octanol–water partition coefficient (Wildman–Crippen LogP) is 3.11. The number of ketones is 1. The number of rotatable bonds is 3. The number of nitrogens with two attached hydrogens (primary N) is 2. The van der Waals surface area contributed by atoms with E-state index in [0.29, 0.717) is 32.3 Å². The maximum atomic E-state index is 12.8. The summed E-state index contributed by atoms with van der Waals surface area (Å²) in [6, 6.07) is 11.1. The number of pyridine rings is 1. The molecule has 24 heavy (non-hydrogen) atoms. The van der Waals surface area contributed by atoms with E-state index in [1.807, 2.05) is 32.0 Å². The Bertz CT molecular complexity index is 984. The number of carbonyl (C=O) groups is 1. The maximum absolute atomic E-state index is 12.8. The number of hydrogen-bond acceptors (Lipinski definition) is 5. The van der Waals surface area contributed by atoms with Crippen LogP contribution in [0.15, 0.2) is 30.3 Å². The van der Waals surface area contributed by atoms with E-state index in [0.717, 1.165) is 10.9 Å². The molecule has 0 aliphatic rings. The van der Waals surface area contributed by atoms with Gasteiger partial charge in [-0.3, -0.25) is 10.5 Å².